The molecule has 0 atom stereocenters. The van der Waals surface area contributed by atoms with Gasteiger partial charge in [0.1, 0.15) is 23.0 Å². The van der Waals surface area contributed by atoms with Gasteiger partial charge in [-0.05, 0) is 161 Å². The van der Waals surface area contributed by atoms with E-state index in [2.05, 4.69) is 10.9 Å². The van der Waals surface area contributed by atoms with E-state index in [0.29, 0.717) is 84.1 Å². The summed E-state index contributed by atoms with van der Waals surface area (Å²) in [6.07, 6.45) is 0. The van der Waals surface area contributed by atoms with Gasteiger partial charge < -0.3 is 20.4 Å². The van der Waals surface area contributed by atoms with Crippen molar-refractivity contribution in [1.82, 2.24) is 0 Å². The van der Waals surface area contributed by atoms with Crippen LogP contribution in [0.2, 0.25) is 0 Å². The van der Waals surface area contributed by atoms with Crippen molar-refractivity contribution in [2.24, 2.45) is 0 Å². The fourth-order valence-corrected chi connectivity index (χ4v) is 6.67. The second kappa shape index (κ2) is 15.3. The van der Waals surface area contributed by atoms with Gasteiger partial charge in [-0.3, -0.25) is 15.6 Å². The molecule has 0 fully saturated rings. The summed E-state index contributed by atoms with van der Waals surface area (Å²) < 4.78 is 0. The SMILES string of the molecule is Cc1cc(NN(c2cc(C)c(O)c(C)c2)N(c2cc(C)c(O)c(C)c2)N(Nc2cccc(C(=O)c3ccccc3)c2)c2cc(C)c(O)c(C)c2)cc(C)c1O. The number of anilines is 5. The zero-order valence-corrected chi connectivity index (χ0v) is 32.4. The van der Waals surface area contributed by atoms with Gasteiger partial charge in [-0.2, -0.15) is 15.4 Å². The van der Waals surface area contributed by atoms with Gasteiger partial charge in [0, 0.05) is 11.1 Å². The van der Waals surface area contributed by atoms with Crippen LogP contribution in [0.1, 0.15) is 60.4 Å². The maximum atomic E-state index is 13.7. The predicted molar refractivity (Wildman–Crippen MR) is 221 cm³/mol. The Bertz CT molecular complexity index is 2320. The van der Waals surface area contributed by atoms with Crippen LogP contribution in [-0.4, -0.2) is 26.2 Å². The van der Waals surface area contributed by atoms with Gasteiger partial charge in [-0.25, -0.2) is 0 Å². The van der Waals surface area contributed by atoms with Crippen molar-refractivity contribution in [2.75, 3.05) is 26.2 Å². The summed E-state index contributed by atoms with van der Waals surface area (Å²) in [5.41, 5.74) is 16.4. The van der Waals surface area contributed by atoms with Crippen LogP contribution in [0.25, 0.3) is 0 Å². The van der Waals surface area contributed by atoms with Crippen molar-refractivity contribution >= 4 is 34.2 Å². The number of phenolic OH excluding ortho intramolecular Hbond substituents is 4. The van der Waals surface area contributed by atoms with E-state index in [4.69, 9.17) is 0 Å². The lowest BCUT2D eigenvalue weighted by Crippen LogP contribution is -2.59. The number of carbonyl (C=O) groups excluding carboxylic acids is 1. The highest BCUT2D eigenvalue weighted by Gasteiger charge is 2.29. The van der Waals surface area contributed by atoms with Crippen molar-refractivity contribution < 1.29 is 25.2 Å². The first-order valence-electron chi connectivity index (χ1n) is 18.0. The number of ketones is 1. The number of aromatic hydroxyl groups is 4. The molecule has 0 radical (unpaired) electrons. The van der Waals surface area contributed by atoms with E-state index >= 15 is 0 Å². The third kappa shape index (κ3) is 7.79. The van der Waals surface area contributed by atoms with E-state index in [9.17, 15) is 25.2 Å². The maximum absolute atomic E-state index is 13.7. The normalized spacial score (nSPS) is 10.9. The molecule has 282 valence electrons. The molecule has 10 heteroatoms. The Morgan fingerprint density at radius 1 is 0.418 bits per heavy atom. The molecule has 0 aromatic heterocycles. The average Bonchev–Trinajstić information content (AvgIpc) is 3.16. The molecule has 0 unspecified atom stereocenters. The second-order valence-electron chi connectivity index (χ2n) is 14.2. The van der Waals surface area contributed by atoms with Gasteiger partial charge in [0.15, 0.2) is 5.78 Å². The van der Waals surface area contributed by atoms with Crippen LogP contribution in [0, 0.1) is 55.4 Å². The number of nitrogens with zero attached hydrogens (tertiary/aromatic N) is 3. The number of benzene rings is 6. The smallest absolute Gasteiger partial charge is 0.193 e. The summed E-state index contributed by atoms with van der Waals surface area (Å²) >= 11 is 0. The van der Waals surface area contributed by atoms with Crippen LogP contribution < -0.4 is 26.2 Å². The first kappa shape index (κ1) is 37.9. The lowest BCUT2D eigenvalue weighted by atomic mass is 10.0. The highest BCUT2D eigenvalue weighted by Crippen LogP contribution is 2.38. The van der Waals surface area contributed by atoms with Crippen molar-refractivity contribution in [3.05, 3.63) is 159 Å². The van der Waals surface area contributed by atoms with Crippen LogP contribution in [0.4, 0.5) is 28.4 Å². The van der Waals surface area contributed by atoms with Gasteiger partial charge >= 0.3 is 0 Å². The quantitative estimate of drug-likeness (QED) is 0.0434. The molecule has 10 nitrogen and oxygen atoms in total. The van der Waals surface area contributed by atoms with E-state index in [1.54, 1.807) is 34.5 Å². The van der Waals surface area contributed by atoms with Crippen molar-refractivity contribution in [3.63, 3.8) is 0 Å². The Morgan fingerprint density at radius 3 is 1.22 bits per heavy atom. The molecule has 0 saturated heterocycles. The molecule has 0 amide bonds. The largest absolute Gasteiger partial charge is 0.507 e. The molecular formula is C45H47N5O5. The molecule has 55 heavy (non-hydrogen) atoms. The van der Waals surface area contributed by atoms with E-state index in [-0.39, 0.29) is 28.8 Å². The third-order valence-electron chi connectivity index (χ3n) is 9.65. The maximum Gasteiger partial charge on any atom is 0.193 e. The number of phenols is 4. The second-order valence-corrected chi connectivity index (χ2v) is 14.2. The van der Waals surface area contributed by atoms with Crippen LogP contribution >= 0.6 is 0 Å². The Labute approximate surface area is 322 Å². The van der Waals surface area contributed by atoms with Crippen LogP contribution in [0.3, 0.4) is 0 Å². The number of carbonyl (C=O) groups is 1. The van der Waals surface area contributed by atoms with E-state index < -0.39 is 0 Å². The monoisotopic (exact) mass is 737 g/mol. The Hall–Kier alpha value is -6.81. The summed E-state index contributed by atoms with van der Waals surface area (Å²) in [5, 5.41) is 49.0. The topological polar surface area (TPSA) is 132 Å². The Morgan fingerprint density at radius 2 is 0.782 bits per heavy atom. The molecule has 0 heterocycles. The molecule has 6 rings (SSSR count). The number of hydrogen-bond donors (Lipinski definition) is 6. The lowest BCUT2D eigenvalue weighted by molar-refractivity contribution is 0.103. The van der Waals surface area contributed by atoms with E-state index in [1.165, 1.54) is 0 Å². The fraction of sp³-hybridized carbons (Fsp3) is 0.178. The molecule has 6 N–H and O–H groups in total. The summed E-state index contributed by atoms with van der Waals surface area (Å²) in [5.74, 6) is 0.551. The van der Waals surface area contributed by atoms with Crippen molar-refractivity contribution in [2.45, 2.75) is 55.4 Å². The van der Waals surface area contributed by atoms with Crippen LogP contribution in [0.5, 0.6) is 23.0 Å². The van der Waals surface area contributed by atoms with Gasteiger partial charge in [-0.1, -0.05) is 42.5 Å². The van der Waals surface area contributed by atoms with Gasteiger partial charge in [-0.15, -0.1) is 0 Å². The zero-order valence-electron chi connectivity index (χ0n) is 32.4. The number of aryl methyl sites for hydroxylation is 8. The van der Waals surface area contributed by atoms with E-state index in [1.807, 2.05) is 139 Å². The molecule has 0 aliphatic rings. The van der Waals surface area contributed by atoms with Gasteiger partial charge in [0.25, 0.3) is 0 Å². The standard InChI is InChI=1S/C45H47N5O5/c1-26-17-37(18-27(2)41(26)51)47-49(39-21-30(5)43(53)31(6)22-39)50(40-23-32(7)44(54)33(8)24-40)48(38-19-28(3)42(52)29(4)20-38)46-36-16-12-15-35(25-36)45(55)34-13-10-9-11-14-34/h9-25,46-47,51-54H,1-8H3. The number of nitrogens with one attached hydrogen (secondary N) is 2. The van der Waals surface area contributed by atoms with Crippen molar-refractivity contribution in [1.29, 1.82) is 0 Å². The molecule has 0 bridgehead atoms. The average molecular weight is 738 g/mol. The number of rotatable bonds is 11. The molecule has 0 spiro atoms. The molecule has 6 aromatic carbocycles. The summed E-state index contributed by atoms with van der Waals surface area (Å²) in [4.78, 5) is 13.7. The summed E-state index contributed by atoms with van der Waals surface area (Å²) in [6, 6.07) is 31.1. The summed E-state index contributed by atoms with van der Waals surface area (Å²) in [6.45, 7) is 14.6. The lowest BCUT2D eigenvalue weighted by Gasteiger charge is -2.46. The summed E-state index contributed by atoms with van der Waals surface area (Å²) in [7, 11) is 0. The fourth-order valence-electron chi connectivity index (χ4n) is 6.67. The minimum atomic E-state index is -0.134. The zero-order chi connectivity index (χ0) is 39.7. The highest BCUT2D eigenvalue weighted by molar-refractivity contribution is 6.09. The van der Waals surface area contributed by atoms with Crippen LogP contribution in [-0.2, 0) is 0 Å². The van der Waals surface area contributed by atoms with Crippen LogP contribution in [0.15, 0.2) is 103 Å². The van der Waals surface area contributed by atoms with Crippen molar-refractivity contribution in [3.8, 4) is 23.0 Å². The minimum Gasteiger partial charge on any atom is -0.507 e. The molecule has 0 aliphatic carbocycles. The Balaban J connectivity index is 1.64. The van der Waals surface area contributed by atoms with Gasteiger partial charge in [0.05, 0.1) is 28.4 Å². The minimum absolute atomic E-state index is 0.134. The predicted octanol–water partition coefficient (Wildman–Crippen LogP) is 9.91. The number of hydrazine groups is 4. The molecule has 6 aromatic rings. The molecule has 0 saturated carbocycles. The first-order chi connectivity index (χ1) is 26.1. The van der Waals surface area contributed by atoms with Gasteiger partial charge in [0.2, 0.25) is 0 Å². The third-order valence-corrected chi connectivity index (χ3v) is 9.65. The first-order valence-corrected chi connectivity index (χ1v) is 18.0. The van der Waals surface area contributed by atoms with E-state index in [0.717, 1.165) is 0 Å². The molecular weight excluding hydrogens is 691 g/mol. The highest BCUT2D eigenvalue weighted by atomic mass is 16.3. The molecule has 0 aliphatic heterocycles. The Kier molecular flexibility index (Phi) is 10.5. The number of hydrogen-bond acceptors (Lipinski definition) is 10.